The normalized spacial score (nSPS) is 30.0. The van der Waals surface area contributed by atoms with Crippen LogP contribution in [0.2, 0.25) is 5.02 Å². The minimum absolute atomic E-state index is 0.0927. The molecule has 2 aromatic rings. The maximum absolute atomic E-state index is 11.8. The van der Waals surface area contributed by atoms with E-state index in [-0.39, 0.29) is 5.92 Å². The van der Waals surface area contributed by atoms with Crippen LogP contribution in [0.25, 0.3) is 0 Å². The molecule has 0 bridgehead atoms. The molecule has 0 spiro atoms. The van der Waals surface area contributed by atoms with Gasteiger partial charge in [-0.2, -0.15) is 5.10 Å². The van der Waals surface area contributed by atoms with Crippen LogP contribution in [0, 0.1) is 11.3 Å². The maximum atomic E-state index is 11.8. The molecule has 1 heterocycles. The first-order valence-electron chi connectivity index (χ1n) is 8.47. The van der Waals surface area contributed by atoms with Crippen LogP contribution in [0.4, 0.5) is 0 Å². The van der Waals surface area contributed by atoms with Gasteiger partial charge in [-0.15, -0.1) is 0 Å². The number of hydrogen-bond acceptors (Lipinski definition) is 3. The number of allylic oxidation sites excluding steroid dienone is 1. The molecule has 1 fully saturated rings. The van der Waals surface area contributed by atoms with Crippen LogP contribution in [-0.4, -0.2) is 25.5 Å². The van der Waals surface area contributed by atoms with Crippen LogP contribution in [0.15, 0.2) is 48.0 Å². The maximum Gasteiger partial charge on any atom is 0.137 e. The predicted octanol–water partition coefficient (Wildman–Crippen LogP) is 4.46. The van der Waals surface area contributed by atoms with Gasteiger partial charge in [0.15, 0.2) is 0 Å². The standard InChI is InChI=1S/C19H23Cl2N3O/c1-14(20)10-18(2)8-7-16(9-15-3-5-17(21)6-4-15)19(18,25)11-24-13-22-12-23-24/h3-6,10,12-13,16,25H,7-9,11H2,1-2H3/b14-10+. The summed E-state index contributed by atoms with van der Waals surface area (Å²) in [6.07, 6.45) is 7.71. The zero-order valence-corrected chi connectivity index (χ0v) is 16.0. The third kappa shape index (κ3) is 3.76. The van der Waals surface area contributed by atoms with Crippen molar-refractivity contribution >= 4 is 23.2 Å². The van der Waals surface area contributed by atoms with E-state index < -0.39 is 11.0 Å². The van der Waals surface area contributed by atoms with Crippen molar-refractivity contribution in [3.05, 3.63) is 58.6 Å². The largest absolute Gasteiger partial charge is 0.387 e. The molecule has 0 saturated heterocycles. The first kappa shape index (κ1) is 18.4. The van der Waals surface area contributed by atoms with Crippen LogP contribution in [0.3, 0.4) is 0 Å². The Morgan fingerprint density at radius 3 is 2.72 bits per heavy atom. The van der Waals surface area contributed by atoms with Crippen LogP contribution in [-0.2, 0) is 13.0 Å². The van der Waals surface area contributed by atoms with E-state index in [1.807, 2.05) is 37.3 Å². The molecule has 4 nitrogen and oxygen atoms in total. The monoisotopic (exact) mass is 379 g/mol. The highest BCUT2D eigenvalue weighted by Crippen LogP contribution is 2.53. The third-order valence-electron chi connectivity index (χ3n) is 5.46. The molecular formula is C19H23Cl2N3O. The van der Waals surface area contributed by atoms with E-state index in [0.717, 1.165) is 24.3 Å². The fourth-order valence-electron chi connectivity index (χ4n) is 4.08. The number of aromatic nitrogens is 3. The molecular weight excluding hydrogens is 357 g/mol. The SMILES string of the molecule is C/C(Cl)=C\C1(C)CCC(Cc2ccc(Cl)cc2)C1(O)Cn1cncn1. The van der Waals surface area contributed by atoms with Crippen LogP contribution >= 0.6 is 23.2 Å². The van der Waals surface area contributed by atoms with Gasteiger partial charge in [0, 0.05) is 15.5 Å². The molecule has 3 rings (SSSR count). The summed E-state index contributed by atoms with van der Waals surface area (Å²) in [6.45, 7) is 4.33. The van der Waals surface area contributed by atoms with Gasteiger partial charge in [0.1, 0.15) is 12.7 Å². The van der Waals surface area contributed by atoms with Gasteiger partial charge in [-0.1, -0.05) is 48.3 Å². The molecule has 3 atom stereocenters. The topological polar surface area (TPSA) is 50.9 Å². The van der Waals surface area contributed by atoms with Crippen molar-refractivity contribution < 1.29 is 5.11 Å². The highest BCUT2D eigenvalue weighted by atomic mass is 35.5. The fraction of sp³-hybridized carbons (Fsp3) is 0.474. The van der Waals surface area contributed by atoms with Gasteiger partial charge in [0.05, 0.1) is 12.1 Å². The van der Waals surface area contributed by atoms with Gasteiger partial charge in [0.25, 0.3) is 0 Å². The van der Waals surface area contributed by atoms with Gasteiger partial charge >= 0.3 is 0 Å². The summed E-state index contributed by atoms with van der Waals surface area (Å²) < 4.78 is 1.70. The number of aliphatic hydroxyl groups is 1. The number of rotatable bonds is 5. The van der Waals surface area contributed by atoms with E-state index in [2.05, 4.69) is 17.0 Å². The quantitative estimate of drug-likeness (QED) is 0.833. The summed E-state index contributed by atoms with van der Waals surface area (Å²) in [5.74, 6) is 0.0927. The molecule has 6 heteroatoms. The van der Waals surface area contributed by atoms with Crippen molar-refractivity contribution in [3.63, 3.8) is 0 Å². The molecule has 0 aliphatic heterocycles. The molecule has 3 unspecified atom stereocenters. The molecule has 1 saturated carbocycles. The summed E-state index contributed by atoms with van der Waals surface area (Å²) in [5, 5.41) is 17.4. The second-order valence-electron chi connectivity index (χ2n) is 7.23. The lowest BCUT2D eigenvalue weighted by Crippen LogP contribution is -2.50. The Morgan fingerprint density at radius 1 is 1.40 bits per heavy atom. The first-order chi connectivity index (χ1) is 11.8. The number of benzene rings is 1. The lowest BCUT2D eigenvalue weighted by Gasteiger charge is -2.41. The Kier molecular flexibility index (Phi) is 5.24. The number of nitrogens with zero attached hydrogens (tertiary/aromatic N) is 3. The van der Waals surface area contributed by atoms with Gasteiger partial charge in [-0.05, 0) is 49.8 Å². The summed E-state index contributed by atoms with van der Waals surface area (Å²) >= 11 is 12.2. The average molecular weight is 380 g/mol. The van der Waals surface area contributed by atoms with Crippen molar-refractivity contribution in [3.8, 4) is 0 Å². The molecule has 0 radical (unpaired) electrons. The lowest BCUT2D eigenvalue weighted by atomic mass is 9.71. The molecule has 25 heavy (non-hydrogen) atoms. The van der Waals surface area contributed by atoms with E-state index in [4.69, 9.17) is 23.2 Å². The average Bonchev–Trinajstić information content (AvgIpc) is 3.12. The zero-order chi connectivity index (χ0) is 18.1. The summed E-state index contributed by atoms with van der Waals surface area (Å²) in [7, 11) is 0. The van der Waals surface area contributed by atoms with Gasteiger partial charge in [-0.3, -0.25) is 4.68 Å². The Labute approximate surface area is 158 Å². The van der Waals surface area contributed by atoms with E-state index >= 15 is 0 Å². The van der Waals surface area contributed by atoms with E-state index in [9.17, 15) is 5.11 Å². The summed E-state index contributed by atoms with van der Waals surface area (Å²) in [4.78, 5) is 4.01. The molecule has 1 aliphatic carbocycles. The van der Waals surface area contributed by atoms with Crippen molar-refractivity contribution in [1.82, 2.24) is 14.8 Å². The predicted molar refractivity (Wildman–Crippen MR) is 101 cm³/mol. The Morgan fingerprint density at radius 2 is 2.12 bits per heavy atom. The van der Waals surface area contributed by atoms with Crippen LogP contribution < -0.4 is 0 Å². The smallest absolute Gasteiger partial charge is 0.137 e. The van der Waals surface area contributed by atoms with Gasteiger partial charge in [0.2, 0.25) is 0 Å². The zero-order valence-electron chi connectivity index (χ0n) is 14.5. The minimum atomic E-state index is -0.962. The summed E-state index contributed by atoms with van der Waals surface area (Å²) in [5.41, 5.74) is -0.208. The Bertz CT molecular complexity index is 741. The van der Waals surface area contributed by atoms with Gasteiger partial charge < -0.3 is 5.11 Å². The molecule has 0 amide bonds. The van der Waals surface area contributed by atoms with Crippen molar-refractivity contribution in [2.45, 2.75) is 45.3 Å². The molecule has 1 aromatic carbocycles. The molecule has 134 valence electrons. The van der Waals surface area contributed by atoms with E-state index in [1.54, 1.807) is 11.0 Å². The lowest BCUT2D eigenvalue weighted by molar-refractivity contribution is -0.0784. The second-order valence-corrected chi connectivity index (χ2v) is 8.26. The van der Waals surface area contributed by atoms with Crippen molar-refractivity contribution in [1.29, 1.82) is 0 Å². The molecule has 1 aromatic heterocycles. The van der Waals surface area contributed by atoms with E-state index in [0.29, 0.717) is 11.6 Å². The Hall–Kier alpha value is -1.36. The highest BCUT2D eigenvalue weighted by Gasteiger charge is 2.55. The molecule has 1 N–H and O–H groups in total. The van der Waals surface area contributed by atoms with Crippen molar-refractivity contribution in [2.75, 3.05) is 0 Å². The number of hydrogen-bond donors (Lipinski definition) is 1. The highest BCUT2D eigenvalue weighted by molar-refractivity contribution is 6.30. The Balaban J connectivity index is 1.93. The van der Waals surface area contributed by atoms with Gasteiger partial charge in [-0.25, -0.2) is 4.98 Å². The third-order valence-corrected chi connectivity index (χ3v) is 5.82. The fourth-order valence-corrected chi connectivity index (χ4v) is 4.45. The van der Waals surface area contributed by atoms with E-state index in [1.165, 1.54) is 11.9 Å². The molecule has 1 aliphatic rings. The van der Waals surface area contributed by atoms with Crippen LogP contribution in [0.5, 0.6) is 0 Å². The number of halogens is 2. The van der Waals surface area contributed by atoms with Crippen molar-refractivity contribution in [2.24, 2.45) is 11.3 Å². The second kappa shape index (κ2) is 7.10. The van der Waals surface area contributed by atoms with Crippen LogP contribution in [0.1, 0.15) is 32.3 Å². The summed E-state index contributed by atoms with van der Waals surface area (Å²) in [6, 6.07) is 7.84. The minimum Gasteiger partial charge on any atom is -0.387 e. The first-order valence-corrected chi connectivity index (χ1v) is 9.22.